The van der Waals surface area contributed by atoms with Gasteiger partial charge >= 0.3 is 0 Å². The zero-order valence-corrected chi connectivity index (χ0v) is 7.71. The standard InChI is InChI=1S/C10H15NO/c1-8(2)11-4-3-9-6-12-7-10(9)5-11/h6-8H,3-5H2,1-2H3. The maximum Gasteiger partial charge on any atom is 0.0950 e. The molecule has 0 N–H and O–H groups in total. The monoisotopic (exact) mass is 165 g/mol. The van der Waals surface area contributed by atoms with Crippen LogP contribution in [0.5, 0.6) is 0 Å². The molecule has 1 aliphatic heterocycles. The van der Waals surface area contributed by atoms with Crippen molar-refractivity contribution in [1.82, 2.24) is 4.90 Å². The fourth-order valence-electron chi connectivity index (χ4n) is 1.71. The minimum absolute atomic E-state index is 0.646. The summed E-state index contributed by atoms with van der Waals surface area (Å²) < 4.78 is 5.17. The molecule has 2 rings (SSSR count). The molecule has 0 amide bonds. The Morgan fingerprint density at radius 2 is 2.08 bits per heavy atom. The summed E-state index contributed by atoms with van der Waals surface area (Å²) in [6.07, 6.45) is 4.90. The molecule has 0 saturated heterocycles. The molecule has 0 fully saturated rings. The molecule has 0 spiro atoms. The summed E-state index contributed by atoms with van der Waals surface area (Å²) in [7, 11) is 0. The topological polar surface area (TPSA) is 16.4 Å². The Hall–Kier alpha value is -0.760. The van der Waals surface area contributed by atoms with Crippen LogP contribution in [0.25, 0.3) is 0 Å². The van der Waals surface area contributed by atoms with Gasteiger partial charge in [-0.1, -0.05) is 0 Å². The van der Waals surface area contributed by atoms with E-state index < -0.39 is 0 Å². The summed E-state index contributed by atoms with van der Waals surface area (Å²) in [6, 6.07) is 0.646. The van der Waals surface area contributed by atoms with Crippen molar-refractivity contribution in [1.29, 1.82) is 0 Å². The van der Waals surface area contributed by atoms with Gasteiger partial charge in [0.1, 0.15) is 0 Å². The molecule has 0 bridgehead atoms. The number of hydrogen-bond donors (Lipinski definition) is 0. The van der Waals surface area contributed by atoms with E-state index in [4.69, 9.17) is 4.42 Å². The third-order valence-corrected chi connectivity index (χ3v) is 2.61. The fourth-order valence-corrected chi connectivity index (χ4v) is 1.71. The van der Waals surface area contributed by atoms with Crippen molar-refractivity contribution in [3.05, 3.63) is 23.7 Å². The quantitative estimate of drug-likeness (QED) is 0.633. The summed E-state index contributed by atoms with van der Waals surface area (Å²) in [6.45, 7) is 6.71. The Kier molecular flexibility index (Phi) is 1.93. The highest BCUT2D eigenvalue weighted by molar-refractivity contribution is 5.23. The first-order chi connectivity index (χ1) is 5.77. The van der Waals surface area contributed by atoms with Crippen molar-refractivity contribution in [2.75, 3.05) is 6.54 Å². The van der Waals surface area contributed by atoms with Gasteiger partial charge in [-0.15, -0.1) is 0 Å². The number of rotatable bonds is 1. The van der Waals surface area contributed by atoms with E-state index in [0.29, 0.717) is 6.04 Å². The maximum absolute atomic E-state index is 5.17. The minimum Gasteiger partial charge on any atom is -0.472 e. The van der Waals surface area contributed by atoms with Crippen LogP contribution in [0.15, 0.2) is 16.9 Å². The predicted octanol–water partition coefficient (Wildman–Crippen LogP) is 2.05. The molecule has 0 unspecified atom stereocenters. The highest BCUT2D eigenvalue weighted by Gasteiger charge is 2.19. The van der Waals surface area contributed by atoms with Crippen LogP contribution < -0.4 is 0 Å². The van der Waals surface area contributed by atoms with Crippen LogP contribution in [0.2, 0.25) is 0 Å². The Labute approximate surface area is 73.2 Å². The summed E-state index contributed by atoms with van der Waals surface area (Å²) in [5.41, 5.74) is 2.77. The van der Waals surface area contributed by atoms with Crippen LogP contribution in [0.4, 0.5) is 0 Å². The zero-order valence-electron chi connectivity index (χ0n) is 7.71. The van der Waals surface area contributed by atoms with E-state index in [-0.39, 0.29) is 0 Å². The average molecular weight is 165 g/mol. The molecular weight excluding hydrogens is 150 g/mol. The predicted molar refractivity (Wildman–Crippen MR) is 48.0 cm³/mol. The van der Waals surface area contributed by atoms with Crippen molar-refractivity contribution in [3.63, 3.8) is 0 Å². The summed E-state index contributed by atoms with van der Waals surface area (Å²) in [5, 5.41) is 0. The van der Waals surface area contributed by atoms with Crippen LogP contribution in [0.1, 0.15) is 25.0 Å². The molecule has 0 aliphatic carbocycles. The SMILES string of the molecule is CC(C)N1CCc2cocc2C1. The van der Waals surface area contributed by atoms with Gasteiger partial charge in [-0.05, 0) is 25.8 Å². The molecule has 1 aromatic heterocycles. The van der Waals surface area contributed by atoms with Crippen molar-refractivity contribution < 1.29 is 4.42 Å². The molecule has 0 radical (unpaired) electrons. The van der Waals surface area contributed by atoms with Gasteiger partial charge < -0.3 is 4.42 Å². The van der Waals surface area contributed by atoms with Crippen LogP contribution in [-0.4, -0.2) is 17.5 Å². The Morgan fingerprint density at radius 1 is 1.33 bits per heavy atom. The normalized spacial score (nSPS) is 18.2. The fraction of sp³-hybridized carbons (Fsp3) is 0.600. The number of furan rings is 1. The molecule has 1 aliphatic rings. The summed E-state index contributed by atoms with van der Waals surface area (Å²) in [5.74, 6) is 0. The van der Waals surface area contributed by atoms with Gasteiger partial charge in [-0.2, -0.15) is 0 Å². The third kappa shape index (κ3) is 1.27. The Balaban J connectivity index is 2.15. The van der Waals surface area contributed by atoms with E-state index in [1.165, 1.54) is 17.7 Å². The van der Waals surface area contributed by atoms with E-state index in [9.17, 15) is 0 Å². The lowest BCUT2D eigenvalue weighted by Gasteiger charge is -2.29. The van der Waals surface area contributed by atoms with E-state index in [0.717, 1.165) is 13.0 Å². The van der Waals surface area contributed by atoms with Crippen LogP contribution in [0.3, 0.4) is 0 Å². The number of fused-ring (bicyclic) bond motifs is 1. The molecular formula is C10H15NO. The molecule has 12 heavy (non-hydrogen) atoms. The second-order valence-corrected chi connectivity index (χ2v) is 3.74. The number of nitrogens with zero attached hydrogens (tertiary/aromatic N) is 1. The van der Waals surface area contributed by atoms with Crippen molar-refractivity contribution in [2.24, 2.45) is 0 Å². The first-order valence-electron chi connectivity index (χ1n) is 4.55. The van der Waals surface area contributed by atoms with Gasteiger partial charge in [0.15, 0.2) is 0 Å². The Morgan fingerprint density at radius 3 is 2.83 bits per heavy atom. The highest BCUT2D eigenvalue weighted by Crippen LogP contribution is 2.20. The largest absolute Gasteiger partial charge is 0.472 e. The molecule has 2 heteroatoms. The van der Waals surface area contributed by atoms with Crippen molar-refractivity contribution in [3.8, 4) is 0 Å². The molecule has 0 aromatic carbocycles. The molecule has 0 atom stereocenters. The molecule has 2 nitrogen and oxygen atoms in total. The lowest BCUT2D eigenvalue weighted by Crippen LogP contribution is -2.35. The smallest absolute Gasteiger partial charge is 0.0950 e. The van der Waals surface area contributed by atoms with Crippen molar-refractivity contribution in [2.45, 2.75) is 32.9 Å². The second-order valence-electron chi connectivity index (χ2n) is 3.74. The zero-order chi connectivity index (χ0) is 8.55. The van der Waals surface area contributed by atoms with Crippen LogP contribution >= 0.6 is 0 Å². The van der Waals surface area contributed by atoms with Crippen LogP contribution in [-0.2, 0) is 13.0 Å². The van der Waals surface area contributed by atoms with Gasteiger partial charge in [-0.3, -0.25) is 4.90 Å². The van der Waals surface area contributed by atoms with Crippen molar-refractivity contribution >= 4 is 0 Å². The van der Waals surface area contributed by atoms with E-state index in [2.05, 4.69) is 18.7 Å². The van der Waals surface area contributed by atoms with Gasteiger partial charge in [-0.25, -0.2) is 0 Å². The molecule has 0 saturated carbocycles. The third-order valence-electron chi connectivity index (χ3n) is 2.61. The van der Waals surface area contributed by atoms with Gasteiger partial charge in [0.2, 0.25) is 0 Å². The van der Waals surface area contributed by atoms with Gasteiger partial charge in [0.25, 0.3) is 0 Å². The van der Waals surface area contributed by atoms with Crippen LogP contribution in [0, 0.1) is 0 Å². The minimum atomic E-state index is 0.646. The van der Waals surface area contributed by atoms with Gasteiger partial charge in [0.05, 0.1) is 12.5 Å². The molecule has 1 aromatic rings. The summed E-state index contributed by atoms with van der Waals surface area (Å²) >= 11 is 0. The van der Waals surface area contributed by atoms with E-state index in [1.807, 2.05) is 12.5 Å². The molecule has 66 valence electrons. The molecule has 2 heterocycles. The van der Waals surface area contributed by atoms with E-state index >= 15 is 0 Å². The Bertz CT molecular complexity index is 265. The lowest BCUT2D eigenvalue weighted by atomic mass is 10.0. The first-order valence-corrected chi connectivity index (χ1v) is 4.55. The maximum atomic E-state index is 5.17. The number of hydrogen-bond acceptors (Lipinski definition) is 2. The second kappa shape index (κ2) is 2.94. The highest BCUT2D eigenvalue weighted by atomic mass is 16.3. The average Bonchev–Trinajstić information content (AvgIpc) is 2.49. The first kappa shape index (κ1) is 7.87. The van der Waals surface area contributed by atoms with Gasteiger partial charge in [0, 0.05) is 24.7 Å². The summed E-state index contributed by atoms with van der Waals surface area (Å²) in [4.78, 5) is 2.47. The van der Waals surface area contributed by atoms with E-state index in [1.54, 1.807) is 0 Å². The lowest BCUT2D eigenvalue weighted by molar-refractivity contribution is 0.204.